The Hall–Kier alpha value is -2.65. The Kier molecular flexibility index (Phi) is 6.98. The van der Waals surface area contributed by atoms with Crippen molar-refractivity contribution >= 4 is 16.0 Å². The molecule has 0 bridgehead atoms. The summed E-state index contributed by atoms with van der Waals surface area (Å²) in [4.78, 5) is 11.6. The quantitative estimate of drug-likeness (QED) is 0.421. The van der Waals surface area contributed by atoms with E-state index in [2.05, 4.69) is 26.5 Å². The number of nitrogens with zero attached hydrogens (tertiary/aromatic N) is 4. The summed E-state index contributed by atoms with van der Waals surface area (Å²) in [5.74, 6) is 3.08. The summed E-state index contributed by atoms with van der Waals surface area (Å²) in [6.07, 6.45) is 0. The number of carboxylic acids is 1. The highest BCUT2D eigenvalue weighted by molar-refractivity contribution is 7.89. The summed E-state index contributed by atoms with van der Waals surface area (Å²) in [5.41, 5.74) is -1.66. The molecule has 0 unspecified atom stereocenters. The van der Waals surface area contributed by atoms with Crippen LogP contribution < -0.4 is 10.6 Å². The third-order valence-electron chi connectivity index (χ3n) is 4.01. The van der Waals surface area contributed by atoms with Crippen molar-refractivity contribution in [2.45, 2.75) is 24.0 Å². The van der Waals surface area contributed by atoms with Gasteiger partial charge >= 0.3 is 5.97 Å². The van der Waals surface area contributed by atoms with Crippen molar-refractivity contribution in [1.82, 2.24) is 24.9 Å². The van der Waals surface area contributed by atoms with E-state index in [-0.39, 0.29) is 31.3 Å². The lowest BCUT2D eigenvalue weighted by Crippen LogP contribution is -2.61. The molecule has 154 valence electrons. The number of rotatable bonds is 6. The third-order valence-corrected chi connectivity index (χ3v) is 6.04. The predicted molar refractivity (Wildman–Crippen MR) is 91.7 cm³/mol. The van der Waals surface area contributed by atoms with Gasteiger partial charge in [-0.2, -0.15) is 4.31 Å². The number of aromatic amines is 1. The Morgan fingerprint density at radius 2 is 2.07 bits per heavy atom. The van der Waals surface area contributed by atoms with Crippen molar-refractivity contribution < 1.29 is 33.0 Å². The second-order valence-corrected chi connectivity index (χ2v) is 7.68. The van der Waals surface area contributed by atoms with Crippen LogP contribution in [0.5, 0.6) is 5.75 Å². The third kappa shape index (κ3) is 4.42. The minimum absolute atomic E-state index is 0.0273. The number of sulfonamides is 1. The maximum absolute atomic E-state index is 12.9. The molecule has 0 radical (unpaired) electrons. The first-order valence-electron chi connectivity index (χ1n) is 7.89. The fourth-order valence-corrected chi connectivity index (χ4v) is 4.23. The van der Waals surface area contributed by atoms with Crippen LogP contribution in [0, 0.1) is 0 Å². The molecule has 1 aromatic heterocycles. The van der Waals surface area contributed by atoms with Gasteiger partial charge in [0.05, 0.1) is 18.1 Å². The molecule has 2 aromatic rings. The van der Waals surface area contributed by atoms with Crippen molar-refractivity contribution in [3.05, 3.63) is 30.1 Å². The van der Waals surface area contributed by atoms with E-state index in [1.807, 2.05) is 0 Å². The maximum Gasteiger partial charge on any atom is 0.327 e. The molecule has 2 heterocycles. The normalized spacial score (nSPS) is 20.1. The summed E-state index contributed by atoms with van der Waals surface area (Å²) < 4.78 is 37.4. The molecule has 14 heteroatoms. The first-order valence-corrected chi connectivity index (χ1v) is 9.33. The zero-order valence-electron chi connectivity index (χ0n) is 14.8. The lowest BCUT2D eigenvalue weighted by Gasteiger charge is -2.39. The topological polar surface area (TPSA) is 194 Å². The molecule has 0 amide bonds. The van der Waals surface area contributed by atoms with Gasteiger partial charge in [-0.05, 0) is 41.6 Å². The molecule has 5 N–H and O–H groups in total. The molecule has 1 saturated heterocycles. The van der Waals surface area contributed by atoms with E-state index in [1.165, 1.54) is 31.2 Å². The number of ether oxygens (including phenoxy) is 2. The van der Waals surface area contributed by atoms with Crippen LogP contribution in [0.3, 0.4) is 0 Å². The fraction of sp³-hybridized carbons (Fsp3) is 0.429. The highest BCUT2D eigenvalue weighted by Gasteiger charge is 2.48. The van der Waals surface area contributed by atoms with E-state index in [4.69, 9.17) is 14.7 Å². The van der Waals surface area contributed by atoms with E-state index in [1.54, 1.807) is 0 Å². The molecule has 1 fully saturated rings. The van der Waals surface area contributed by atoms with Gasteiger partial charge in [-0.3, -0.25) is 4.79 Å². The first-order chi connectivity index (χ1) is 13.3. The van der Waals surface area contributed by atoms with Crippen molar-refractivity contribution in [2.75, 3.05) is 19.8 Å². The number of hydrogen-bond donors (Lipinski definition) is 4. The van der Waals surface area contributed by atoms with Crippen molar-refractivity contribution in [3.63, 3.8) is 0 Å². The monoisotopic (exact) mass is 416 g/mol. The second kappa shape index (κ2) is 9.03. The minimum atomic E-state index is -4.01. The van der Waals surface area contributed by atoms with Crippen LogP contribution in [0.15, 0.2) is 29.2 Å². The highest BCUT2D eigenvalue weighted by Crippen LogP contribution is 2.29. The maximum atomic E-state index is 12.9. The fourth-order valence-electron chi connectivity index (χ4n) is 2.52. The average Bonchev–Trinajstić information content (AvgIpc) is 3.22. The molecule has 1 atom stereocenters. The van der Waals surface area contributed by atoms with E-state index in [9.17, 15) is 18.3 Å². The number of tetrazole rings is 1. The standard InChI is InChI=1S/C14H17N5O6S.H3NO/c1-14(13(20)21)9-24-7-6-19(14)26(22,23)11-4-2-10(3-5-11)25-8-12-15-17-18-16-12;1-2/h2-5H,6-9H2,1H3,(H,20,21)(H,15,16,17,18);2H,1H2/t14-;/m1./s1. The van der Waals surface area contributed by atoms with Crippen LogP contribution >= 0.6 is 0 Å². The van der Waals surface area contributed by atoms with E-state index in [0.29, 0.717) is 11.6 Å². The summed E-state index contributed by atoms with van der Waals surface area (Å²) in [5, 5.41) is 29.0. The number of benzene rings is 1. The van der Waals surface area contributed by atoms with Gasteiger partial charge in [-0.15, -0.1) is 5.10 Å². The van der Waals surface area contributed by atoms with Gasteiger partial charge in [0, 0.05) is 6.54 Å². The van der Waals surface area contributed by atoms with Gasteiger partial charge in [0.1, 0.15) is 12.4 Å². The zero-order chi connectivity index (χ0) is 20.8. The molecule has 0 saturated carbocycles. The van der Waals surface area contributed by atoms with Gasteiger partial charge in [-0.1, -0.05) is 0 Å². The number of H-pyrrole nitrogens is 1. The van der Waals surface area contributed by atoms with Crippen molar-refractivity contribution in [2.24, 2.45) is 5.90 Å². The minimum Gasteiger partial charge on any atom is -0.486 e. The molecular formula is C14H20N6O7S. The lowest BCUT2D eigenvalue weighted by atomic mass is 10.0. The van der Waals surface area contributed by atoms with Crippen molar-refractivity contribution in [3.8, 4) is 5.75 Å². The van der Waals surface area contributed by atoms with Crippen LogP contribution in [0.4, 0.5) is 0 Å². The Bertz CT molecular complexity index is 874. The molecular weight excluding hydrogens is 396 g/mol. The van der Waals surface area contributed by atoms with E-state index >= 15 is 0 Å². The van der Waals surface area contributed by atoms with Gasteiger partial charge < -0.3 is 19.8 Å². The van der Waals surface area contributed by atoms with Crippen molar-refractivity contribution in [1.29, 1.82) is 0 Å². The summed E-state index contributed by atoms with van der Waals surface area (Å²) in [6, 6.07) is 5.69. The number of carbonyl (C=O) groups is 1. The molecule has 0 spiro atoms. The zero-order valence-corrected chi connectivity index (χ0v) is 15.7. The number of aliphatic carboxylic acids is 1. The van der Waals surface area contributed by atoms with Gasteiger partial charge in [0.25, 0.3) is 0 Å². The van der Waals surface area contributed by atoms with E-state index in [0.717, 1.165) is 4.31 Å². The van der Waals surface area contributed by atoms with Crippen LogP contribution in [0.2, 0.25) is 0 Å². The smallest absolute Gasteiger partial charge is 0.327 e. The number of hydrogen-bond acceptors (Lipinski definition) is 10. The Labute approximate surface area is 160 Å². The Balaban J connectivity index is 0.00000136. The van der Waals surface area contributed by atoms with Gasteiger partial charge in [0.15, 0.2) is 11.4 Å². The molecule has 1 aliphatic rings. The number of aromatic nitrogens is 4. The van der Waals surface area contributed by atoms with E-state index < -0.39 is 21.5 Å². The summed E-state index contributed by atoms with van der Waals surface area (Å²) in [6.45, 7) is 1.30. The molecule has 13 nitrogen and oxygen atoms in total. The predicted octanol–water partition coefficient (Wildman–Crippen LogP) is -1.02. The molecule has 0 aliphatic carbocycles. The molecule has 3 rings (SSSR count). The van der Waals surface area contributed by atoms with Gasteiger partial charge in [0.2, 0.25) is 10.0 Å². The second-order valence-electron chi connectivity index (χ2n) is 5.82. The first kappa shape index (κ1) is 21.6. The average molecular weight is 416 g/mol. The summed E-state index contributed by atoms with van der Waals surface area (Å²) in [7, 11) is -4.01. The van der Waals surface area contributed by atoms with Crippen LogP contribution in [0.1, 0.15) is 12.7 Å². The lowest BCUT2D eigenvalue weighted by molar-refractivity contribution is -0.155. The highest BCUT2D eigenvalue weighted by atomic mass is 32.2. The molecule has 1 aromatic carbocycles. The van der Waals surface area contributed by atoms with Crippen LogP contribution in [0.25, 0.3) is 0 Å². The van der Waals surface area contributed by atoms with Crippen LogP contribution in [-0.4, -0.2) is 74.9 Å². The number of nitrogens with two attached hydrogens (primary N) is 1. The van der Waals surface area contributed by atoms with Crippen LogP contribution in [-0.2, 0) is 26.2 Å². The molecule has 28 heavy (non-hydrogen) atoms. The summed E-state index contributed by atoms with van der Waals surface area (Å²) >= 11 is 0. The number of carboxylic acid groups (broad SMARTS) is 1. The Morgan fingerprint density at radius 3 is 2.64 bits per heavy atom. The Morgan fingerprint density at radius 1 is 1.39 bits per heavy atom. The molecule has 1 aliphatic heterocycles. The largest absolute Gasteiger partial charge is 0.486 e. The SMILES string of the molecule is C[C@]1(C(=O)O)COCCN1S(=O)(=O)c1ccc(OCc2nnn[nH]2)cc1.NO. The number of nitrogens with one attached hydrogen (secondary N) is 1. The van der Waals surface area contributed by atoms with Gasteiger partial charge in [-0.25, -0.2) is 19.4 Å². The number of morpholine rings is 1.